The second kappa shape index (κ2) is 8.81. The van der Waals surface area contributed by atoms with Crippen LogP contribution in [0, 0.1) is 0 Å². The number of rotatable bonds is 5. The lowest BCUT2D eigenvalue weighted by Gasteiger charge is -2.14. The normalized spacial score (nSPS) is 14.0. The predicted molar refractivity (Wildman–Crippen MR) is 107 cm³/mol. The number of amides is 2. The van der Waals surface area contributed by atoms with Gasteiger partial charge < -0.3 is 20.1 Å². The first kappa shape index (κ1) is 19.1. The SMILES string of the molecule is CC(=O)Nc1ccc(NC(=O)[C@H](C)Sc2ccc3c(c2)OCCCO3)cc1. The highest BCUT2D eigenvalue weighted by Gasteiger charge is 2.17. The number of carbonyl (C=O) groups is 2. The fraction of sp³-hybridized carbons (Fsp3) is 0.300. The standard InChI is InChI=1S/C20H22N2O4S/c1-13(20(24)22-16-6-4-15(5-7-16)21-14(2)23)27-17-8-9-18-19(12-17)26-11-3-10-25-18/h4-9,12-13H,3,10-11H2,1-2H3,(H,21,23)(H,22,24)/t13-/m0/s1. The molecular formula is C20H22N2O4S. The Morgan fingerprint density at radius 3 is 2.26 bits per heavy atom. The van der Waals surface area contributed by atoms with E-state index in [0.29, 0.717) is 24.6 Å². The summed E-state index contributed by atoms with van der Waals surface area (Å²) in [6.07, 6.45) is 0.858. The number of carbonyl (C=O) groups excluding carboxylic acids is 2. The number of thioether (sulfide) groups is 1. The van der Waals surface area contributed by atoms with Gasteiger partial charge in [-0.1, -0.05) is 0 Å². The van der Waals surface area contributed by atoms with Crippen LogP contribution in [0.2, 0.25) is 0 Å². The number of anilines is 2. The maximum atomic E-state index is 12.5. The Hall–Kier alpha value is -2.67. The van der Waals surface area contributed by atoms with Crippen molar-refractivity contribution in [3.8, 4) is 11.5 Å². The lowest BCUT2D eigenvalue weighted by Crippen LogP contribution is -2.22. The van der Waals surface area contributed by atoms with Crippen LogP contribution in [0.5, 0.6) is 11.5 Å². The second-order valence-corrected chi connectivity index (χ2v) is 7.58. The van der Waals surface area contributed by atoms with Crippen molar-refractivity contribution in [2.24, 2.45) is 0 Å². The molecule has 7 heteroatoms. The first-order chi connectivity index (χ1) is 13.0. The average molecular weight is 386 g/mol. The molecule has 1 atom stereocenters. The molecule has 1 heterocycles. The molecule has 0 saturated carbocycles. The number of hydrogen-bond donors (Lipinski definition) is 2. The van der Waals surface area contributed by atoms with E-state index in [1.807, 2.05) is 25.1 Å². The van der Waals surface area contributed by atoms with Crippen LogP contribution >= 0.6 is 11.8 Å². The van der Waals surface area contributed by atoms with Crippen LogP contribution in [0.4, 0.5) is 11.4 Å². The van der Waals surface area contributed by atoms with Crippen molar-refractivity contribution in [2.75, 3.05) is 23.8 Å². The molecule has 2 aromatic carbocycles. The summed E-state index contributed by atoms with van der Waals surface area (Å²) < 4.78 is 11.3. The molecule has 0 spiro atoms. The van der Waals surface area contributed by atoms with Gasteiger partial charge in [-0.3, -0.25) is 9.59 Å². The molecule has 0 radical (unpaired) electrons. The summed E-state index contributed by atoms with van der Waals surface area (Å²) in [5, 5.41) is 5.29. The van der Waals surface area contributed by atoms with Crippen molar-refractivity contribution < 1.29 is 19.1 Å². The highest BCUT2D eigenvalue weighted by Crippen LogP contribution is 2.35. The van der Waals surface area contributed by atoms with Gasteiger partial charge in [0, 0.05) is 29.6 Å². The summed E-state index contributed by atoms with van der Waals surface area (Å²) in [6.45, 7) is 4.59. The van der Waals surface area contributed by atoms with E-state index in [1.54, 1.807) is 24.3 Å². The fourth-order valence-electron chi connectivity index (χ4n) is 2.56. The highest BCUT2D eigenvalue weighted by atomic mass is 32.2. The van der Waals surface area contributed by atoms with Gasteiger partial charge in [-0.15, -0.1) is 11.8 Å². The molecule has 0 unspecified atom stereocenters. The van der Waals surface area contributed by atoms with Gasteiger partial charge in [-0.25, -0.2) is 0 Å². The molecule has 0 fully saturated rings. The third kappa shape index (κ3) is 5.40. The van der Waals surface area contributed by atoms with E-state index in [-0.39, 0.29) is 17.1 Å². The van der Waals surface area contributed by atoms with Crippen LogP contribution in [0.1, 0.15) is 20.3 Å². The smallest absolute Gasteiger partial charge is 0.237 e. The van der Waals surface area contributed by atoms with Crippen LogP contribution in [-0.4, -0.2) is 30.3 Å². The zero-order valence-electron chi connectivity index (χ0n) is 15.3. The van der Waals surface area contributed by atoms with E-state index in [1.165, 1.54) is 18.7 Å². The minimum Gasteiger partial charge on any atom is -0.490 e. The van der Waals surface area contributed by atoms with E-state index < -0.39 is 0 Å². The summed E-state index contributed by atoms with van der Waals surface area (Å²) in [5.41, 5.74) is 1.37. The largest absolute Gasteiger partial charge is 0.490 e. The third-order valence-corrected chi connectivity index (χ3v) is 4.97. The zero-order chi connectivity index (χ0) is 19.2. The van der Waals surface area contributed by atoms with Gasteiger partial charge in [0.2, 0.25) is 11.8 Å². The number of hydrogen-bond acceptors (Lipinski definition) is 5. The minimum atomic E-state index is -0.287. The van der Waals surface area contributed by atoms with Crippen molar-refractivity contribution in [1.29, 1.82) is 0 Å². The molecule has 0 aliphatic carbocycles. The fourth-order valence-corrected chi connectivity index (χ4v) is 3.45. The van der Waals surface area contributed by atoms with Gasteiger partial charge in [-0.2, -0.15) is 0 Å². The quantitative estimate of drug-likeness (QED) is 0.762. The monoisotopic (exact) mass is 386 g/mol. The van der Waals surface area contributed by atoms with Crippen molar-refractivity contribution >= 4 is 35.0 Å². The van der Waals surface area contributed by atoms with E-state index in [9.17, 15) is 9.59 Å². The second-order valence-electron chi connectivity index (χ2n) is 6.17. The Morgan fingerprint density at radius 2 is 1.59 bits per heavy atom. The number of nitrogens with one attached hydrogen (secondary N) is 2. The lowest BCUT2D eigenvalue weighted by atomic mass is 10.2. The summed E-state index contributed by atoms with van der Waals surface area (Å²) >= 11 is 1.46. The zero-order valence-corrected chi connectivity index (χ0v) is 16.1. The summed E-state index contributed by atoms with van der Waals surface area (Å²) in [4.78, 5) is 24.5. The van der Waals surface area contributed by atoms with Crippen molar-refractivity contribution in [1.82, 2.24) is 0 Å². The molecule has 2 aromatic rings. The van der Waals surface area contributed by atoms with E-state index in [2.05, 4.69) is 10.6 Å². The Bertz CT molecular complexity index is 823. The number of fused-ring (bicyclic) bond motifs is 1. The van der Waals surface area contributed by atoms with Crippen molar-refractivity contribution in [3.05, 3.63) is 42.5 Å². The third-order valence-electron chi connectivity index (χ3n) is 3.87. The van der Waals surface area contributed by atoms with Gasteiger partial charge in [0.1, 0.15) is 0 Å². The van der Waals surface area contributed by atoms with Gasteiger partial charge >= 0.3 is 0 Å². The van der Waals surface area contributed by atoms with Crippen LogP contribution in [-0.2, 0) is 9.59 Å². The van der Waals surface area contributed by atoms with Crippen molar-refractivity contribution in [2.45, 2.75) is 30.4 Å². The van der Waals surface area contributed by atoms with Crippen LogP contribution in [0.25, 0.3) is 0 Å². The minimum absolute atomic E-state index is 0.0978. The van der Waals surface area contributed by atoms with Crippen LogP contribution < -0.4 is 20.1 Å². The van der Waals surface area contributed by atoms with Crippen LogP contribution in [0.15, 0.2) is 47.4 Å². The molecule has 0 bridgehead atoms. The Morgan fingerprint density at radius 1 is 0.963 bits per heavy atom. The van der Waals surface area contributed by atoms with E-state index in [0.717, 1.165) is 22.8 Å². The molecule has 142 valence electrons. The molecule has 0 aromatic heterocycles. The first-order valence-electron chi connectivity index (χ1n) is 8.76. The Kier molecular flexibility index (Phi) is 6.24. The topological polar surface area (TPSA) is 76.7 Å². The Labute approximate surface area is 162 Å². The molecule has 1 aliphatic rings. The van der Waals surface area contributed by atoms with Crippen molar-refractivity contribution in [3.63, 3.8) is 0 Å². The lowest BCUT2D eigenvalue weighted by molar-refractivity contribution is -0.115. The van der Waals surface area contributed by atoms with E-state index >= 15 is 0 Å². The molecule has 6 nitrogen and oxygen atoms in total. The van der Waals surface area contributed by atoms with E-state index in [4.69, 9.17) is 9.47 Å². The molecular weight excluding hydrogens is 364 g/mol. The molecule has 3 rings (SSSR count). The van der Waals surface area contributed by atoms with Crippen LogP contribution in [0.3, 0.4) is 0 Å². The molecule has 2 N–H and O–H groups in total. The predicted octanol–water partition coefficient (Wildman–Crippen LogP) is 3.93. The maximum absolute atomic E-state index is 12.5. The summed E-state index contributed by atoms with van der Waals surface area (Å²) in [7, 11) is 0. The average Bonchev–Trinajstić information content (AvgIpc) is 2.87. The van der Waals surface area contributed by atoms with Gasteiger partial charge in [0.05, 0.1) is 18.5 Å². The number of ether oxygens (including phenoxy) is 2. The van der Waals surface area contributed by atoms with Gasteiger partial charge in [0.15, 0.2) is 11.5 Å². The summed E-state index contributed by atoms with van der Waals surface area (Å²) in [6, 6.07) is 12.7. The Balaban J connectivity index is 1.59. The summed E-state index contributed by atoms with van der Waals surface area (Å²) in [5.74, 6) is 1.23. The maximum Gasteiger partial charge on any atom is 0.237 e. The molecule has 0 saturated heterocycles. The molecule has 2 amide bonds. The molecule has 1 aliphatic heterocycles. The van der Waals surface area contributed by atoms with Gasteiger partial charge in [-0.05, 0) is 49.4 Å². The highest BCUT2D eigenvalue weighted by molar-refractivity contribution is 8.00. The first-order valence-corrected chi connectivity index (χ1v) is 9.64. The van der Waals surface area contributed by atoms with Gasteiger partial charge in [0.25, 0.3) is 0 Å². The molecule has 27 heavy (non-hydrogen) atoms. The number of benzene rings is 2.